The van der Waals surface area contributed by atoms with Crippen LogP contribution >= 0.6 is 24.0 Å². The summed E-state index contributed by atoms with van der Waals surface area (Å²) in [6, 6.07) is 11.6. The third-order valence-corrected chi connectivity index (χ3v) is 5.04. The Hall–Kier alpha value is -2.38. The molecule has 25 heavy (non-hydrogen) atoms. The van der Waals surface area contributed by atoms with Gasteiger partial charge in [-0.15, -0.1) is 0 Å². The Morgan fingerprint density at radius 3 is 2.68 bits per heavy atom. The van der Waals surface area contributed by atoms with Crippen molar-refractivity contribution in [3.63, 3.8) is 0 Å². The summed E-state index contributed by atoms with van der Waals surface area (Å²) in [5.41, 5.74) is 2.12. The van der Waals surface area contributed by atoms with E-state index < -0.39 is 5.97 Å². The number of benzene rings is 1. The van der Waals surface area contributed by atoms with E-state index >= 15 is 0 Å². The van der Waals surface area contributed by atoms with Gasteiger partial charge in [0.1, 0.15) is 15.8 Å². The highest BCUT2D eigenvalue weighted by molar-refractivity contribution is 8.26. The molecule has 0 atom stereocenters. The van der Waals surface area contributed by atoms with Crippen LogP contribution in [0.1, 0.15) is 17.7 Å². The summed E-state index contributed by atoms with van der Waals surface area (Å²) >= 11 is 6.31. The minimum Gasteiger partial charge on any atom is -0.481 e. The largest absolute Gasteiger partial charge is 0.481 e. The summed E-state index contributed by atoms with van der Waals surface area (Å²) < 4.78 is 6.15. The lowest BCUT2D eigenvalue weighted by molar-refractivity contribution is -0.137. The zero-order valence-electron chi connectivity index (χ0n) is 13.4. The Balaban J connectivity index is 1.77. The van der Waals surface area contributed by atoms with Crippen molar-refractivity contribution in [1.82, 2.24) is 4.90 Å². The van der Waals surface area contributed by atoms with Gasteiger partial charge in [0.2, 0.25) is 0 Å². The van der Waals surface area contributed by atoms with Crippen LogP contribution in [-0.4, -0.2) is 32.7 Å². The Bertz CT molecular complexity index is 867. The summed E-state index contributed by atoms with van der Waals surface area (Å²) in [5, 5.41) is 8.76. The molecule has 1 N–H and O–H groups in total. The third kappa shape index (κ3) is 4.00. The Morgan fingerprint density at radius 2 is 2.00 bits per heavy atom. The second kappa shape index (κ2) is 7.25. The molecule has 1 aromatic heterocycles. The summed E-state index contributed by atoms with van der Waals surface area (Å²) in [4.78, 5) is 24.8. The normalized spacial score (nSPS) is 16.0. The quantitative estimate of drug-likeness (QED) is 0.632. The number of thioether (sulfide) groups is 1. The molecule has 1 saturated heterocycles. The highest BCUT2D eigenvalue weighted by Gasteiger charge is 2.32. The number of hydrogen-bond acceptors (Lipinski definition) is 5. The molecule has 5 nitrogen and oxygen atoms in total. The highest BCUT2D eigenvalue weighted by Crippen LogP contribution is 2.33. The predicted octanol–water partition coefficient (Wildman–Crippen LogP) is 3.93. The first kappa shape index (κ1) is 17.4. The monoisotopic (exact) mass is 373 g/mol. The zero-order chi connectivity index (χ0) is 18.0. The van der Waals surface area contributed by atoms with Gasteiger partial charge in [-0.3, -0.25) is 14.5 Å². The van der Waals surface area contributed by atoms with E-state index in [0.717, 1.165) is 17.3 Å². The van der Waals surface area contributed by atoms with Gasteiger partial charge in [-0.2, -0.15) is 0 Å². The fourth-order valence-corrected chi connectivity index (χ4v) is 3.62. The first-order valence-electron chi connectivity index (χ1n) is 7.58. The van der Waals surface area contributed by atoms with Crippen molar-refractivity contribution < 1.29 is 19.1 Å². The molecule has 1 amide bonds. The number of thiocarbonyl (C=S) groups is 1. The molecule has 0 unspecified atom stereocenters. The van der Waals surface area contributed by atoms with E-state index in [1.807, 2.05) is 37.3 Å². The third-order valence-electron chi connectivity index (χ3n) is 3.66. The number of carbonyl (C=O) groups is 2. The number of carbonyl (C=O) groups excluding carboxylic acids is 1. The van der Waals surface area contributed by atoms with Crippen LogP contribution in [0.25, 0.3) is 17.4 Å². The Labute approximate surface area is 154 Å². The van der Waals surface area contributed by atoms with Crippen molar-refractivity contribution in [2.24, 2.45) is 0 Å². The lowest BCUT2D eigenvalue weighted by Crippen LogP contribution is -2.30. The minimum absolute atomic E-state index is 0.0735. The number of hydrogen-bond donors (Lipinski definition) is 1. The Morgan fingerprint density at radius 1 is 1.28 bits per heavy atom. The van der Waals surface area contributed by atoms with Gasteiger partial charge in [-0.05, 0) is 19.1 Å². The molecule has 7 heteroatoms. The van der Waals surface area contributed by atoms with Crippen LogP contribution in [0.4, 0.5) is 0 Å². The molecule has 0 spiro atoms. The van der Waals surface area contributed by atoms with Crippen molar-refractivity contribution in [2.45, 2.75) is 13.3 Å². The van der Waals surface area contributed by atoms with Crippen LogP contribution in [0, 0.1) is 6.92 Å². The van der Waals surface area contributed by atoms with Gasteiger partial charge in [0.15, 0.2) is 0 Å². The van der Waals surface area contributed by atoms with Crippen LogP contribution in [0.3, 0.4) is 0 Å². The van der Waals surface area contributed by atoms with Gasteiger partial charge in [0.25, 0.3) is 5.91 Å². The van der Waals surface area contributed by atoms with Gasteiger partial charge in [0, 0.05) is 18.2 Å². The second-order valence-electron chi connectivity index (χ2n) is 5.55. The van der Waals surface area contributed by atoms with Crippen molar-refractivity contribution in [3.05, 3.63) is 52.6 Å². The second-order valence-corrected chi connectivity index (χ2v) is 7.22. The number of nitrogens with zero attached hydrogens (tertiary/aromatic N) is 1. The maximum absolute atomic E-state index is 12.4. The fourth-order valence-electron chi connectivity index (χ4n) is 2.33. The molecule has 128 valence electrons. The van der Waals surface area contributed by atoms with E-state index in [0.29, 0.717) is 20.7 Å². The number of aryl methyl sites for hydroxylation is 1. The number of carboxylic acid groups (broad SMARTS) is 1. The highest BCUT2D eigenvalue weighted by atomic mass is 32.2. The van der Waals surface area contributed by atoms with E-state index in [1.54, 1.807) is 12.1 Å². The Kier molecular flexibility index (Phi) is 5.06. The molecule has 0 aliphatic carbocycles. The molecule has 1 aliphatic heterocycles. The molecule has 1 aromatic carbocycles. The van der Waals surface area contributed by atoms with Crippen LogP contribution in [0.5, 0.6) is 0 Å². The van der Waals surface area contributed by atoms with Gasteiger partial charge in [0.05, 0.1) is 11.3 Å². The molecule has 1 fully saturated rings. The molecule has 0 radical (unpaired) electrons. The molecule has 2 heterocycles. The van der Waals surface area contributed by atoms with Crippen molar-refractivity contribution in [2.75, 3.05) is 6.54 Å². The van der Waals surface area contributed by atoms with Crippen molar-refractivity contribution in [1.29, 1.82) is 0 Å². The van der Waals surface area contributed by atoms with E-state index in [2.05, 4.69) is 0 Å². The number of carboxylic acids is 1. The predicted molar refractivity (Wildman–Crippen MR) is 101 cm³/mol. The first-order chi connectivity index (χ1) is 11.9. The average molecular weight is 373 g/mol. The van der Waals surface area contributed by atoms with Gasteiger partial charge >= 0.3 is 5.97 Å². The van der Waals surface area contributed by atoms with Crippen LogP contribution in [0.15, 0.2) is 45.7 Å². The van der Waals surface area contributed by atoms with Crippen LogP contribution < -0.4 is 0 Å². The number of rotatable bonds is 5. The van der Waals surface area contributed by atoms with Crippen molar-refractivity contribution >= 4 is 46.3 Å². The molecule has 2 aromatic rings. The smallest absolute Gasteiger partial charge is 0.305 e. The molecule has 3 rings (SSSR count). The maximum atomic E-state index is 12.4. The zero-order valence-corrected chi connectivity index (χ0v) is 15.0. The lowest BCUT2D eigenvalue weighted by atomic mass is 10.1. The van der Waals surface area contributed by atoms with Crippen molar-refractivity contribution in [3.8, 4) is 11.3 Å². The van der Waals surface area contributed by atoms with E-state index in [1.165, 1.54) is 10.5 Å². The minimum atomic E-state index is -0.966. The van der Waals surface area contributed by atoms with E-state index in [-0.39, 0.29) is 18.9 Å². The average Bonchev–Trinajstić information content (AvgIpc) is 3.12. The number of furan rings is 1. The summed E-state index contributed by atoms with van der Waals surface area (Å²) in [6.07, 6.45) is 1.50. The summed E-state index contributed by atoms with van der Waals surface area (Å²) in [5.74, 6) is 0.0123. The van der Waals surface area contributed by atoms with Crippen LogP contribution in [0.2, 0.25) is 0 Å². The first-order valence-corrected chi connectivity index (χ1v) is 8.80. The van der Waals surface area contributed by atoms with Crippen LogP contribution in [-0.2, 0) is 9.59 Å². The number of aliphatic carboxylic acids is 1. The topological polar surface area (TPSA) is 70.8 Å². The standard InChI is InChI=1S/C18H15NO4S2/c1-11-2-4-12(5-3-11)14-7-6-13(23-14)10-15-17(22)19(18(24)25-15)9-8-16(20)21/h2-7,10H,8-9H2,1H3,(H,20,21)/b15-10-. The van der Waals surface area contributed by atoms with E-state index in [9.17, 15) is 9.59 Å². The van der Waals surface area contributed by atoms with Gasteiger partial charge < -0.3 is 9.52 Å². The summed E-state index contributed by atoms with van der Waals surface area (Å²) in [7, 11) is 0. The number of amides is 1. The molecule has 0 bridgehead atoms. The molecule has 0 saturated carbocycles. The maximum Gasteiger partial charge on any atom is 0.305 e. The summed E-state index contributed by atoms with van der Waals surface area (Å²) in [6.45, 7) is 2.09. The molecular formula is C18H15NO4S2. The lowest BCUT2D eigenvalue weighted by Gasteiger charge is -2.12. The van der Waals surface area contributed by atoms with Gasteiger partial charge in [-0.25, -0.2) is 0 Å². The van der Waals surface area contributed by atoms with Gasteiger partial charge in [-0.1, -0.05) is 53.8 Å². The van der Waals surface area contributed by atoms with E-state index in [4.69, 9.17) is 21.7 Å². The molecular weight excluding hydrogens is 358 g/mol. The SMILES string of the molecule is Cc1ccc(-c2ccc(/C=C3\SC(=S)N(CCC(=O)O)C3=O)o2)cc1. The fraction of sp³-hybridized carbons (Fsp3) is 0.167. The molecule has 1 aliphatic rings.